The van der Waals surface area contributed by atoms with E-state index in [4.69, 9.17) is 9.47 Å². The Hall–Kier alpha value is -1.43. The highest BCUT2D eigenvalue weighted by Crippen LogP contribution is 2.29. The van der Waals surface area contributed by atoms with Crippen LogP contribution < -0.4 is 10.6 Å². The lowest BCUT2D eigenvalue weighted by molar-refractivity contribution is -0.124. The number of rotatable bonds is 8. The van der Waals surface area contributed by atoms with Crippen molar-refractivity contribution < 1.29 is 14.3 Å². The smallest absolute Gasteiger partial charge is 0.223 e. The first kappa shape index (κ1) is 15.9. The van der Waals surface area contributed by atoms with Gasteiger partial charge < -0.3 is 20.1 Å². The van der Waals surface area contributed by atoms with E-state index in [1.54, 1.807) is 7.11 Å². The number of carbonyl (C=O) groups is 1. The molecule has 0 bridgehead atoms. The van der Waals surface area contributed by atoms with Gasteiger partial charge in [0.15, 0.2) is 0 Å². The molecule has 0 saturated heterocycles. The zero-order valence-electron chi connectivity index (χ0n) is 12.6. The molecule has 0 fully saturated rings. The summed E-state index contributed by atoms with van der Waals surface area (Å²) in [5, 5.41) is 6.11. The molecule has 1 aliphatic heterocycles. The fourth-order valence-corrected chi connectivity index (χ4v) is 2.48. The van der Waals surface area contributed by atoms with Crippen molar-refractivity contribution in [3.8, 4) is 0 Å². The van der Waals surface area contributed by atoms with E-state index >= 15 is 0 Å². The molecule has 1 aliphatic rings. The van der Waals surface area contributed by atoms with Gasteiger partial charge in [-0.05, 0) is 17.5 Å². The summed E-state index contributed by atoms with van der Waals surface area (Å²) in [6.07, 6.45) is 1.20. The maximum absolute atomic E-state index is 12.0. The zero-order chi connectivity index (χ0) is 14.9. The molecule has 0 aromatic heterocycles. The Kier molecular flexibility index (Phi) is 6.66. The summed E-state index contributed by atoms with van der Waals surface area (Å²) in [6, 6.07) is 8.20. The molecular formula is C16H24N2O3. The molecule has 1 aromatic carbocycles. The molecule has 1 unspecified atom stereocenters. The third-order valence-corrected chi connectivity index (χ3v) is 3.57. The number of amides is 1. The summed E-state index contributed by atoms with van der Waals surface area (Å²) in [7, 11) is 1.67. The third-order valence-electron chi connectivity index (χ3n) is 3.57. The van der Waals surface area contributed by atoms with E-state index in [9.17, 15) is 4.79 Å². The number of ether oxygens (including phenoxy) is 2. The Balaban J connectivity index is 1.71. The molecule has 1 amide bonds. The fraction of sp³-hybridized carbons (Fsp3) is 0.562. The van der Waals surface area contributed by atoms with Crippen LogP contribution in [0.5, 0.6) is 0 Å². The van der Waals surface area contributed by atoms with Crippen molar-refractivity contribution in [3.63, 3.8) is 0 Å². The molecule has 21 heavy (non-hydrogen) atoms. The predicted octanol–water partition coefficient (Wildman–Crippen LogP) is 1.04. The lowest BCUT2D eigenvalue weighted by Crippen LogP contribution is -2.34. The minimum Gasteiger partial charge on any atom is -0.383 e. The molecule has 0 spiro atoms. The first-order valence-electron chi connectivity index (χ1n) is 7.47. The highest BCUT2D eigenvalue weighted by atomic mass is 16.5. The second-order valence-electron chi connectivity index (χ2n) is 5.11. The molecule has 2 rings (SSSR count). The average Bonchev–Trinajstić information content (AvgIpc) is 2.51. The fourth-order valence-electron chi connectivity index (χ4n) is 2.48. The molecule has 0 radical (unpaired) electrons. The number of carbonyl (C=O) groups excluding carboxylic acids is 1. The summed E-state index contributed by atoms with van der Waals surface area (Å²) in [6.45, 7) is 3.54. The van der Waals surface area contributed by atoms with Gasteiger partial charge in [0, 0.05) is 26.7 Å². The van der Waals surface area contributed by atoms with Gasteiger partial charge in [-0.3, -0.25) is 4.79 Å². The van der Waals surface area contributed by atoms with Gasteiger partial charge in [-0.2, -0.15) is 0 Å². The van der Waals surface area contributed by atoms with E-state index in [0.29, 0.717) is 26.2 Å². The number of benzene rings is 1. The van der Waals surface area contributed by atoms with Crippen molar-refractivity contribution in [3.05, 3.63) is 35.4 Å². The second kappa shape index (κ2) is 8.77. The van der Waals surface area contributed by atoms with Crippen LogP contribution in [0.25, 0.3) is 0 Å². The van der Waals surface area contributed by atoms with Crippen LogP contribution in [0.2, 0.25) is 0 Å². The molecule has 116 valence electrons. The van der Waals surface area contributed by atoms with Crippen LogP contribution in [0.3, 0.4) is 0 Å². The van der Waals surface area contributed by atoms with Crippen molar-refractivity contribution in [2.24, 2.45) is 0 Å². The van der Waals surface area contributed by atoms with Crippen molar-refractivity contribution in [2.45, 2.75) is 18.9 Å². The lowest BCUT2D eigenvalue weighted by atomic mass is 9.96. The Labute approximate surface area is 126 Å². The molecule has 0 aliphatic carbocycles. The van der Waals surface area contributed by atoms with Crippen molar-refractivity contribution in [1.29, 1.82) is 0 Å². The summed E-state index contributed by atoms with van der Waals surface area (Å²) >= 11 is 0. The maximum Gasteiger partial charge on any atom is 0.223 e. The molecule has 0 saturated carbocycles. The maximum atomic E-state index is 12.0. The van der Waals surface area contributed by atoms with Gasteiger partial charge >= 0.3 is 0 Å². The van der Waals surface area contributed by atoms with Crippen LogP contribution in [0.15, 0.2) is 24.3 Å². The summed E-state index contributed by atoms with van der Waals surface area (Å²) < 4.78 is 10.7. The van der Waals surface area contributed by atoms with Gasteiger partial charge in [0.2, 0.25) is 5.91 Å². The molecule has 1 atom stereocenters. The number of nitrogens with one attached hydrogen (secondary N) is 2. The number of hydrogen-bond donors (Lipinski definition) is 2. The van der Waals surface area contributed by atoms with Crippen LogP contribution in [0.4, 0.5) is 0 Å². The summed E-state index contributed by atoms with van der Waals surface area (Å²) in [5.74, 6) is 0.0326. The Morgan fingerprint density at radius 1 is 1.33 bits per heavy atom. The van der Waals surface area contributed by atoms with E-state index < -0.39 is 0 Å². The summed E-state index contributed by atoms with van der Waals surface area (Å²) in [5.41, 5.74) is 2.44. The molecule has 1 aromatic rings. The minimum absolute atomic E-state index is 0.0326. The quantitative estimate of drug-likeness (QED) is 0.703. The van der Waals surface area contributed by atoms with Gasteiger partial charge in [-0.25, -0.2) is 0 Å². The van der Waals surface area contributed by atoms with Gasteiger partial charge in [-0.15, -0.1) is 0 Å². The highest BCUT2D eigenvalue weighted by molar-refractivity contribution is 5.76. The molecule has 5 heteroatoms. The average molecular weight is 292 g/mol. The zero-order valence-corrected chi connectivity index (χ0v) is 12.6. The second-order valence-corrected chi connectivity index (χ2v) is 5.11. The van der Waals surface area contributed by atoms with Crippen molar-refractivity contribution in [1.82, 2.24) is 10.6 Å². The van der Waals surface area contributed by atoms with Crippen LogP contribution >= 0.6 is 0 Å². The molecule has 5 nitrogen and oxygen atoms in total. The minimum atomic E-state index is -0.114. The van der Waals surface area contributed by atoms with Crippen LogP contribution in [-0.2, 0) is 20.7 Å². The highest BCUT2D eigenvalue weighted by Gasteiger charge is 2.22. The largest absolute Gasteiger partial charge is 0.383 e. The van der Waals surface area contributed by atoms with Crippen LogP contribution in [0, 0.1) is 0 Å². The van der Waals surface area contributed by atoms with Gasteiger partial charge in [0.1, 0.15) is 0 Å². The lowest BCUT2D eigenvalue weighted by Gasteiger charge is -2.25. The third kappa shape index (κ3) is 5.12. The first-order valence-corrected chi connectivity index (χ1v) is 7.47. The van der Waals surface area contributed by atoms with E-state index in [-0.39, 0.29) is 12.0 Å². The predicted molar refractivity (Wildman–Crippen MR) is 81.2 cm³/mol. The number of hydrogen-bond acceptors (Lipinski definition) is 4. The van der Waals surface area contributed by atoms with Gasteiger partial charge in [0.05, 0.1) is 25.7 Å². The van der Waals surface area contributed by atoms with Crippen molar-refractivity contribution in [2.75, 3.05) is 40.0 Å². The summed E-state index contributed by atoms with van der Waals surface area (Å²) in [4.78, 5) is 12.0. The molecule has 2 N–H and O–H groups in total. The van der Waals surface area contributed by atoms with E-state index in [1.807, 2.05) is 12.1 Å². The van der Waals surface area contributed by atoms with Gasteiger partial charge in [0.25, 0.3) is 0 Å². The first-order chi connectivity index (χ1) is 10.3. The van der Waals surface area contributed by atoms with E-state index in [1.165, 1.54) is 5.56 Å². The number of methoxy groups -OCH3 is 1. The Morgan fingerprint density at radius 3 is 3.05 bits per heavy atom. The Bertz CT molecular complexity index is 451. The molecular weight excluding hydrogens is 268 g/mol. The van der Waals surface area contributed by atoms with Crippen LogP contribution in [-0.4, -0.2) is 45.9 Å². The van der Waals surface area contributed by atoms with E-state index in [2.05, 4.69) is 22.8 Å². The Morgan fingerprint density at radius 2 is 2.19 bits per heavy atom. The standard InChI is InChI=1S/C16H24N2O3/c1-20-11-9-17-7-8-18-16(19)12-15-14-5-3-2-4-13(14)6-10-21-15/h2-5,15,17H,6-12H2,1H3,(H,18,19). The monoisotopic (exact) mass is 292 g/mol. The van der Waals surface area contributed by atoms with Gasteiger partial charge in [-0.1, -0.05) is 24.3 Å². The number of fused-ring (bicyclic) bond motifs is 1. The normalized spacial score (nSPS) is 17.3. The SMILES string of the molecule is COCCNCCNC(=O)CC1OCCc2ccccc21. The van der Waals surface area contributed by atoms with Crippen LogP contribution in [0.1, 0.15) is 23.7 Å². The topological polar surface area (TPSA) is 59.6 Å². The molecule has 1 heterocycles. The van der Waals surface area contributed by atoms with Crippen molar-refractivity contribution >= 4 is 5.91 Å². The van der Waals surface area contributed by atoms with E-state index in [0.717, 1.165) is 25.1 Å².